The first kappa shape index (κ1) is 35.0. The fourth-order valence-electron chi connectivity index (χ4n) is 5.57. The Morgan fingerprint density at radius 1 is 1.00 bits per heavy atom. The number of hydrogen-bond acceptors (Lipinski definition) is 7. The minimum Gasteiger partial charge on any atom is -0.475 e. The zero-order valence-electron chi connectivity index (χ0n) is 26.5. The van der Waals surface area contributed by atoms with Gasteiger partial charge in [-0.2, -0.15) is 4.98 Å². The molecule has 1 fully saturated rings. The number of ketones is 1. The van der Waals surface area contributed by atoms with Crippen molar-refractivity contribution in [1.29, 1.82) is 0 Å². The number of carbonyl (C=O) groups is 2. The summed E-state index contributed by atoms with van der Waals surface area (Å²) in [6.45, 7) is 14.8. The molecule has 4 bridgehead atoms. The number of anilines is 1. The van der Waals surface area contributed by atoms with Crippen molar-refractivity contribution < 1.29 is 24.2 Å². The number of hydrogen-bond donors (Lipinski definition) is 1. The van der Waals surface area contributed by atoms with E-state index in [2.05, 4.69) is 35.5 Å². The van der Waals surface area contributed by atoms with Crippen molar-refractivity contribution in [3.8, 4) is 17.1 Å². The normalized spacial score (nSPS) is 18.1. The lowest BCUT2D eigenvalue weighted by molar-refractivity contribution is -0.127. The average Bonchev–Trinajstić information content (AvgIpc) is 2.92. The summed E-state index contributed by atoms with van der Waals surface area (Å²) in [5, 5.41) is 0. The van der Waals surface area contributed by atoms with Gasteiger partial charge in [-0.1, -0.05) is 58.9 Å². The van der Waals surface area contributed by atoms with Crippen molar-refractivity contribution in [3.63, 3.8) is 0 Å². The summed E-state index contributed by atoms with van der Waals surface area (Å²) >= 11 is 0. The molecular weight excluding hydrogens is 600 g/mol. The van der Waals surface area contributed by atoms with Crippen LogP contribution in [0.2, 0.25) is 0 Å². The third-order valence-corrected chi connectivity index (χ3v) is 8.84. The van der Waals surface area contributed by atoms with Crippen LogP contribution in [0.15, 0.2) is 53.4 Å². The van der Waals surface area contributed by atoms with Gasteiger partial charge in [0.25, 0.3) is 15.9 Å². The van der Waals surface area contributed by atoms with Gasteiger partial charge in [-0.15, -0.1) is 12.4 Å². The monoisotopic (exact) mass is 644 g/mol. The van der Waals surface area contributed by atoms with Crippen LogP contribution >= 0.6 is 12.4 Å². The van der Waals surface area contributed by atoms with E-state index in [4.69, 9.17) is 4.74 Å². The number of aryl methyl sites for hydroxylation is 2. The highest BCUT2D eigenvalue weighted by molar-refractivity contribution is 7.92. The molecule has 0 saturated heterocycles. The first-order valence-corrected chi connectivity index (χ1v) is 16.3. The predicted octanol–water partition coefficient (Wildman–Crippen LogP) is 6.87. The Hall–Kier alpha value is -3.50. The lowest BCUT2D eigenvalue weighted by atomic mass is 9.82. The molecule has 240 valence electrons. The Labute approximate surface area is 268 Å². The van der Waals surface area contributed by atoms with Gasteiger partial charge in [-0.25, -0.2) is 18.1 Å². The van der Waals surface area contributed by atoms with Crippen LogP contribution in [-0.2, 0) is 14.8 Å². The number of Topliss-reactive ketones (excluding diaryl/α,β-unsaturated/α-hetero) is 1. The maximum absolute atomic E-state index is 14.0. The molecule has 9 nitrogen and oxygen atoms in total. The van der Waals surface area contributed by atoms with Crippen molar-refractivity contribution in [2.45, 2.75) is 78.7 Å². The number of sulfonamides is 1. The second-order valence-electron chi connectivity index (χ2n) is 12.3. The first-order chi connectivity index (χ1) is 20.3. The van der Waals surface area contributed by atoms with Gasteiger partial charge in [0, 0.05) is 38.0 Å². The molecule has 0 spiro atoms. The molecule has 5 rings (SSSR count). The van der Waals surface area contributed by atoms with Crippen LogP contribution in [-0.4, -0.2) is 54.2 Å². The third kappa shape index (κ3) is 8.15. The number of nitrogens with zero attached hydrogens (tertiary/aromatic N) is 3. The van der Waals surface area contributed by atoms with E-state index in [0.717, 1.165) is 16.7 Å². The molecule has 0 unspecified atom stereocenters. The van der Waals surface area contributed by atoms with E-state index in [0.29, 0.717) is 31.5 Å². The minimum atomic E-state index is -4.13. The molecular formula is C33H45ClN4O5S. The second-order valence-corrected chi connectivity index (χ2v) is 14.0. The zero-order chi connectivity index (χ0) is 31.5. The smallest absolute Gasteiger partial charge is 0.264 e. The highest BCUT2D eigenvalue weighted by Crippen LogP contribution is 2.33. The standard InChI is InChI=1S/C31H36N4O5S.C2H6.ClH.H2/c1-19-8-6-9-20(2)28(19)26-15-27-33-30(32-26)34-41(38,39)25-11-7-10-22(14-25)29(37)35(17-21-12-24(36)13-21)23(18-40-27)16-31(3,4)5;1-2;;/h6-11,14-15,21,23H,12-13,16-18H2,1-5H3,(H,32,33,34);1-2H3;2*1H/t23-;;;/m1.../s1. The van der Waals surface area contributed by atoms with E-state index in [-0.39, 0.29) is 71.8 Å². The molecule has 1 aliphatic heterocycles. The molecule has 1 N–H and O–H groups in total. The van der Waals surface area contributed by atoms with Crippen molar-refractivity contribution in [3.05, 3.63) is 65.2 Å². The van der Waals surface area contributed by atoms with Crippen LogP contribution in [0, 0.1) is 25.2 Å². The van der Waals surface area contributed by atoms with Crippen LogP contribution in [0.5, 0.6) is 5.88 Å². The summed E-state index contributed by atoms with van der Waals surface area (Å²) < 4.78 is 35.7. The molecule has 1 aromatic heterocycles. The number of carbonyl (C=O) groups excluding carboxylic acids is 2. The van der Waals surface area contributed by atoms with E-state index in [9.17, 15) is 18.0 Å². The number of halogens is 1. The lowest BCUT2D eigenvalue weighted by Gasteiger charge is -2.39. The van der Waals surface area contributed by atoms with Gasteiger partial charge < -0.3 is 9.64 Å². The van der Waals surface area contributed by atoms with Gasteiger partial charge in [0.2, 0.25) is 11.8 Å². The Kier molecular flexibility index (Phi) is 11.2. The van der Waals surface area contributed by atoms with E-state index < -0.39 is 10.0 Å². The van der Waals surface area contributed by atoms with Gasteiger partial charge in [-0.3, -0.25) is 9.59 Å². The Morgan fingerprint density at radius 3 is 2.25 bits per heavy atom. The number of fused-ring (bicyclic) bond motifs is 4. The molecule has 1 amide bonds. The number of nitrogens with one attached hydrogen (secondary N) is 1. The molecule has 1 saturated carbocycles. The zero-order valence-corrected chi connectivity index (χ0v) is 28.1. The Balaban J connectivity index is 0.00000173. The molecule has 0 radical (unpaired) electrons. The van der Waals surface area contributed by atoms with E-state index in [1.54, 1.807) is 23.1 Å². The third-order valence-electron chi connectivity index (χ3n) is 7.52. The SMILES string of the molecule is CC.Cc1cccc(C)c1-c1cc2nc(n1)NS(=O)(=O)c1cccc(c1)C(=O)N(CC1CC(=O)C1)[C@H](CC(C)(C)C)CO2.Cl.[HH]. The molecule has 2 aromatic carbocycles. The number of ether oxygens (including phenoxy) is 1. The second kappa shape index (κ2) is 14.1. The molecule has 2 aliphatic rings. The van der Waals surface area contributed by atoms with Crippen LogP contribution in [0.4, 0.5) is 5.95 Å². The summed E-state index contributed by atoms with van der Waals surface area (Å²) in [5.74, 6) is 0.0235. The van der Waals surface area contributed by atoms with E-state index in [1.165, 1.54) is 12.1 Å². The maximum Gasteiger partial charge on any atom is 0.264 e. The van der Waals surface area contributed by atoms with Gasteiger partial charge >= 0.3 is 0 Å². The van der Waals surface area contributed by atoms with Crippen LogP contribution < -0.4 is 9.46 Å². The van der Waals surface area contributed by atoms with Crippen molar-refractivity contribution in [2.75, 3.05) is 17.9 Å². The minimum absolute atomic E-state index is 0. The molecule has 11 heteroatoms. The average molecular weight is 645 g/mol. The van der Waals surface area contributed by atoms with Crippen molar-refractivity contribution >= 4 is 40.1 Å². The summed E-state index contributed by atoms with van der Waals surface area (Å²) in [6, 6.07) is 13.2. The summed E-state index contributed by atoms with van der Waals surface area (Å²) in [6.07, 6.45) is 1.48. The summed E-state index contributed by atoms with van der Waals surface area (Å²) in [7, 11) is -4.13. The van der Waals surface area contributed by atoms with Gasteiger partial charge in [0.15, 0.2) is 0 Å². The molecule has 2 heterocycles. The quantitative estimate of drug-likeness (QED) is 0.329. The fourth-order valence-corrected chi connectivity index (χ4v) is 6.56. The van der Waals surface area contributed by atoms with Gasteiger partial charge in [0.1, 0.15) is 12.4 Å². The highest BCUT2D eigenvalue weighted by Gasteiger charge is 2.36. The van der Waals surface area contributed by atoms with E-state index in [1.807, 2.05) is 45.9 Å². The maximum atomic E-state index is 14.0. The number of benzene rings is 2. The van der Waals surface area contributed by atoms with Crippen molar-refractivity contribution in [1.82, 2.24) is 14.9 Å². The highest BCUT2D eigenvalue weighted by atomic mass is 35.5. The first-order valence-electron chi connectivity index (χ1n) is 14.8. The van der Waals surface area contributed by atoms with Crippen LogP contribution in [0.25, 0.3) is 11.3 Å². The lowest BCUT2D eigenvalue weighted by Crippen LogP contribution is -2.49. The van der Waals surface area contributed by atoms with Crippen molar-refractivity contribution in [2.24, 2.45) is 11.3 Å². The Bertz CT molecular complexity index is 1600. The van der Waals surface area contributed by atoms with Gasteiger partial charge in [-0.05, 0) is 60.9 Å². The largest absolute Gasteiger partial charge is 0.475 e. The molecule has 3 aromatic rings. The number of aromatic nitrogens is 2. The molecule has 44 heavy (non-hydrogen) atoms. The number of rotatable bonds is 4. The summed E-state index contributed by atoms with van der Waals surface area (Å²) in [4.78, 5) is 36.5. The summed E-state index contributed by atoms with van der Waals surface area (Å²) in [5.41, 5.74) is 3.45. The predicted molar refractivity (Wildman–Crippen MR) is 177 cm³/mol. The molecule has 1 atom stereocenters. The van der Waals surface area contributed by atoms with Gasteiger partial charge in [0.05, 0.1) is 16.6 Å². The number of amides is 1. The van der Waals surface area contributed by atoms with Crippen LogP contribution in [0.3, 0.4) is 0 Å². The fraction of sp³-hybridized carbons (Fsp3) is 0.455. The van der Waals surface area contributed by atoms with E-state index >= 15 is 0 Å². The molecule has 1 aliphatic carbocycles. The Morgan fingerprint density at radius 2 is 1.64 bits per heavy atom. The van der Waals surface area contributed by atoms with Crippen LogP contribution in [0.1, 0.15) is 76.8 Å². The topological polar surface area (TPSA) is 119 Å².